The number of hydrogen-bond acceptors (Lipinski definition) is 4. The van der Waals surface area contributed by atoms with E-state index in [1.165, 1.54) is 12.8 Å². The lowest BCUT2D eigenvalue weighted by Gasteiger charge is -2.32. The maximum Gasteiger partial charge on any atom is 0.233 e. The van der Waals surface area contributed by atoms with Crippen molar-refractivity contribution in [2.24, 2.45) is 5.92 Å². The van der Waals surface area contributed by atoms with E-state index in [1.54, 1.807) is 12.3 Å². The molecule has 0 radical (unpaired) electrons. The van der Waals surface area contributed by atoms with Gasteiger partial charge in [-0.1, -0.05) is 37.3 Å². The Morgan fingerprint density at radius 2 is 2.00 bits per heavy atom. The van der Waals surface area contributed by atoms with Crippen LogP contribution in [0.1, 0.15) is 31.7 Å². The van der Waals surface area contributed by atoms with Gasteiger partial charge in [-0.2, -0.15) is 0 Å². The average Bonchev–Trinajstić information content (AvgIpc) is 2.63. The molecule has 0 aliphatic carbocycles. The van der Waals surface area contributed by atoms with Gasteiger partial charge in [0, 0.05) is 13.1 Å². The van der Waals surface area contributed by atoms with E-state index in [2.05, 4.69) is 21.5 Å². The number of aromatic nitrogens is 1. The van der Waals surface area contributed by atoms with Crippen molar-refractivity contribution >= 4 is 21.5 Å². The van der Waals surface area contributed by atoms with Gasteiger partial charge < -0.3 is 4.90 Å². The highest BCUT2D eigenvalue weighted by Crippen LogP contribution is 2.23. The third-order valence-electron chi connectivity index (χ3n) is 4.75. The molecule has 1 unspecified atom stereocenters. The number of sulfonamides is 1. The molecule has 6 heteroatoms. The van der Waals surface area contributed by atoms with Crippen LogP contribution in [0.15, 0.2) is 48.7 Å². The van der Waals surface area contributed by atoms with Crippen LogP contribution in [0.5, 0.6) is 0 Å². The molecule has 0 amide bonds. The van der Waals surface area contributed by atoms with Crippen LogP contribution in [-0.2, 0) is 16.4 Å². The van der Waals surface area contributed by atoms with E-state index in [9.17, 15) is 8.42 Å². The number of pyridine rings is 1. The second kappa shape index (κ2) is 8.54. The Morgan fingerprint density at radius 1 is 1.19 bits per heavy atom. The maximum absolute atomic E-state index is 12.3. The number of piperidine rings is 1. The Morgan fingerprint density at radius 3 is 2.69 bits per heavy atom. The fraction of sp³-hybridized carbons (Fsp3) is 0.450. The second-order valence-corrected chi connectivity index (χ2v) is 8.95. The molecular weight excluding hydrogens is 346 g/mol. The van der Waals surface area contributed by atoms with Crippen LogP contribution in [0.25, 0.3) is 0 Å². The second-order valence-electron chi connectivity index (χ2n) is 7.11. The Bertz CT molecular complexity index is 792. The molecule has 1 aromatic carbocycles. The third-order valence-corrected chi connectivity index (χ3v) is 6.10. The van der Waals surface area contributed by atoms with Crippen molar-refractivity contribution in [1.82, 2.24) is 4.98 Å². The first-order valence-corrected chi connectivity index (χ1v) is 10.9. The molecule has 140 valence electrons. The average molecular weight is 374 g/mol. The van der Waals surface area contributed by atoms with E-state index in [1.807, 2.05) is 36.4 Å². The van der Waals surface area contributed by atoms with Crippen LogP contribution in [0.3, 0.4) is 0 Å². The molecule has 5 nitrogen and oxygen atoms in total. The number of nitrogens with zero attached hydrogens (tertiary/aromatic N) is 2. The zero-order valence-corrected chi connectivity index (χ0v) is 16.1. The molecule has 1 saturated heterocycles. The van der Waals surface area contributed by atoms with Crippen LogP contribution in [-0.4, -0.2) is 32.2 Å². The molecule has 1 atom stereocenters. The van der Waals surface area contributed by atoms with E-state index < -0.39 is 10.0 Å². The van der Waals surface area contributed by atoms with Gasteiger partial charge in [-0.25, -0.2) is 13.4 Å². The molecule has 2 aromatic rings. The molecule has 1 aliphatic rings. The lowest BCUT2D eigenvalue weighted by Crippen LogP contribution is -2.34. The normalized spacial score (nSPS) is 17.9. The van der Waals surface area contributed by atoms with Crippen LogP contribution in [0, 0.1) is 5.92 Å². The Labute approximate surface area is 156 Å². The predicted molar refractivity (Wildman–Crippen MR) is 107 cm³/mol. The third kappa shape index (κ3) is 5.46. The highest BCUT2D eigenvalue weighted by atomic mass is 32.2. The molecule has 0 bridgehead atoms. The Kier molecular flexibility index (Phi) is 6.14. The monoisotopic (exact) mass is 373 g/mol. The van der Waals surface area contributed by atoms with Crippen molar-refractivity contribution in [1.29, 1.82) is 0 Å². The number of aryl methyl sites for hydroxylation is 1. The van der Waals surface area contributed by atoms with Crippen LogP contribution in [0.2, 0.25) is 0 Å². The van der Waals surface area contributed by atoms with Gasteiger partial charge in [-0.3, -0.25) is 4.72 Å². The first kappa shape index (κ1) is 18.7. The van der Waals surface area contributed by atoms with E-state index in [0.717, 1.165) is 30.8 Å². The van der Waals surface area contributed by atoms with Crippen molar-refractivity contribution in [2.45, 2.75) is 32.6 Å². The highest BCUT2D eigenvalue weighted by molar-refractivity contribution is 7.92. The van der Waals surface area contributed by atoms with Gasteiger partial charge in [0.1, 0.15) is 5.82 Å². The summed E-state index contributed by atoms with van der Waals surface area (Å²) in [5, 5.41) is 0. The van der Waals surface area contributed by atoms with Gasteiger partial charge in [-0.15, -0.1) is 0 Å². The lowest BCUT2D eigenvalue weighted by atomic mass is 10.00. The van der Waals surface area contributed by atoms with Gasteiger partial charge in [0.2, 0.25) is 10.0 Å². The van der Waals surface area contributed by atoms with Crippen LogP contribution < -0.4 is 9.62 Å². The van der Waals surface area contributed by atoms with Crippen LogP contribution >= 0.6 is 0 Å². The fourth-order valence-corrected chi connectivity index (χ4v) is 4.44. The molecule has 0 spiro atoms. The summed E-state index contributed by atoms with van der Waals surface area (Å²) in [5.41, 5.74) is 2.21. The van der Waals surface area contributed by atoms with Gasteiger partial charge >= 0.3 is 0 Å². The quantitative estimate of drug-likeness (QED) is 0.804. The fourth-order valence-electron chi connectivity index (χ4n) is 3.38. The SMILES string of the molecule is CC1CCCN(c2ccc(NS(=O)(=O)CCCc3ccccc3)nc2)C1. The minimum absolute atomic E-state index is 0.0922. The summed E-state index contributed by atoms with van der Waals surface area (Å²) in [7, 11) is -3.38. The molecule has 1 fully saturated rings. The summed E-state index contributed by atoms with van der Waals surface area (Å²) in [6, 6.07) is 13.6. The maximum atomic E-state index is 12.3. The Hall–Kier alpha value is -2.08. The number of hydrogen-bond donors (Lipinski definition) is 1. The van der Waals surface area contributed by atoms with Gasteiger partial charge in [0.05, 0.1) is 17.6 Å². The number of rotatable bonds is 7. The van der Waals surface area contributed by atoms with E-state index in [4.69, 9.17) is 0 Å². The zero-order chi connectivity index (χ0) is 18.4. The van der Waals surface area contributed by atoms with Crippen molar-refractivity contribution < 1.29 is 8.42 Å². The molecular formula is C20H27N3O2S. The van der Waals surface area contributed by atoms with Crippen molar-refractivity contribution in [2.75, 3.05) is 28.5 Å². The van der Waals surface area contributed by atoms with Crippen molar-refractivity contribution in [3.05, 3.63) is 54.2 Å². The molecule has 3 rings (SSSR count). The smallest absolute Gasteiger partial charge is 0.233 e. The minimum atomic E-state index is -3.38. The molecule has 1 aromatic heterocycles. The summed E-state index contributed by atoms with van der Waals surface area (Å²) in [6.45, 7) is 4.33. The molecule has 26 heavy (non-hydrogen) atoms. The molecule has 0 saturated carbocycles. The largest absolute Gasteiger partial charge is 0.370 e. The summed E-state index contributed by atoms with van der Waals surface area (Å²) in [6.07, 6.45) is 5.56. The molecule has 1 aliphatic heterocycles. The first-order valence-electron chi connectivity index (χ1n) is 9.27. The minimum Gasteiger partial charge on any atom is -0.370 e. The summed E-state index contributed by atoms with van der Waals surface area (Å²) < 4.78 is 27.1. The lowest BCUT2D eigenvalue weighted by molar-refractivity contribution is 0.446. The van der Waals surface area contributed by atoms with E-state index in [-0.39, 0.29) is 5.75 Å². The van der Waals surface area contributed by atoms with Crippen LogP contribution in [0.4, 0.5) is 11.5 Å². The predicted octanol–water partition coefficient (Wildman–Crippen LogP) is 3.69. The number of anilines is 2. The number of nitrogens with one attached hydrogen (secondary N) is 1. The molecule has 1 N–H and O–H groups in total. The molecule has 2 heterocycles. The van der Waals surface area contributed by atoms with Gasteiger partial charge in [0.25, 0.3) is 0 Å². The van der Waals surface area contributed by atoms with Gasteiger partial charge in [0.15, 0.2) is 0 Å². The standard InChI is InChI=1S/C20H27N3O2S/c1-17-7-5-13-23(16-17)19-11-12-20(21-15-19)22-26(24,25)14-6-10-18-8-3-2-4-9-18/h2-4,8-9,11-12,15,17H,5-7,10,13-14,16H2,1H3,(H,21,22). The van der Waals surface area contributed by atoms with Crippen molar-refractivity contribution in [3.63, 3.8) is 0 Å². The van der Waals surface area contributed by atoms with E-state index >= 15 is 0 Å². The Balaban J connectivity index is 1.52. The summed E-state index contributed by atoms with van der Waals surface area (Å²) in [5.74, 6) is 1.17. The summed E-state index contributed by atoms with van der Waals surface area (Å²) >= 11 is 0. The first-order chi connectivity index (χ1) is 12.5. The number of benzene rings is 1. The van der Waals surface area contributed by atoms with Crippen molar-refractivity contribution in [3.8, 4) is 0 Å². The van der Waals surface area contributed by atoms with Gasteiger partial charge in [-0.05, 0) is 49.3 Å². The zero-order valence-electron chi connectivity index (χ0n) is 15.3. The highest BCUT2D eigenvalue weighted by Gasteiger charge is 2.17. The topological polar surface area (TPSA) is 62.3 Å². The van der Waals surface area contributed by atoms with E-state index in [0.29, 0.717) is 18.2 Å². The summed E-state index contributed by atoms with van der Waals surface area (Å²) in [4.78, 5) is 6.62.